The topological polar surface area (TPSA) is 42.7 Å². The highest BCUT2D eigenvalue weighted by atomic mass is 79.9. The third-order valence-electron chi connectivity index (χ3n) is 3.38. The molecular formula is C15H21BrN4. The van der Waals surface area contributed by atoms with E-state index in [0.29, 0.717) is 0 Å². The number of halogens is 1. The van der Waals surface area contributed by atoms with E-state index in [-0.39, 0.29) is 6.04 Å². The number of aromatic nitrogens is 3. The molecule has 0 radical (unpaired) electrons. The predicted molar refractivity (Wildman–Crippen MR) is 84.7 cm³/mol. The molecule has 0 saturated carbocycles. The van der Waals surface area contributed by atoms with Gasteiger partial charge in [-0.05, 0) is 48.5 Å². The molecule has 2 aromatic heterocycles. The minimum Gasteiger partial charge on any atom is -0.309 e. The van der Waals surface area contributed by atoms with Crippen LogP contribution in [0.25, 0.3) is 0 Å². The SMILES string of the molecule is CCNC(Cc1c(Br)c(C)nn1C)c1cccc(C)n1. The zero-order valence-electron chi connectivity index (χ0n) is 12.4. The van der Waals surface area contributed by atoms with Gasteiger partial charge in [-0.15, -0.1) is 0 Å². The molecule has 108 valence electrons. The van der Waals surface area contributed by atoms with E-state index in [1.807, 2.05) is 31.6 Å². The predicted octanol–water partition coefficient (Wildman–Crippen LogP) is 3.09. The molecule has 0 aliphatic heterocycles. The van der Waals surface area contributed by atoms with E-state index in [4.69, 9.17) is 0 Å². The Balaban J connectivity index is 2.30. The number of rotatable bonds is 5. The van der Waals surface area contributed by atoms with Crippen LogP contribution in [0.4, 0.5) is 0 Å². The summed E-state index contributed by atoms with van der Waals surface area (Å²) in [5.41, 5.74) is 4.34. The summed E-state index contributed by atoms with van der Waals surface area (Å²) in [6.45, 7) is 7.07. The fraction of sp³-hybridized carbons (Fsp3) is 0.467. The fourth-order valence-electron chi connectivity index (χ4n) is 2.38. The summed E-state index contributed by atoms with van der Waals surface area (Å²) < 4.78 is 3.04. The second kappa shape index (κ2) is 6.50. The lowest BCUT2D eigenvalue weighted by atomic mass is 10.1. The molecule has 1 unspecified atom stereocenters. The van der Waals surface area contributed by atoms with Crippen molar-refractivity contribution in [3.05, 3.63) is 45.4 Å². The van der Waals surface area contributed by atoms with Gasteiger partial charge in [-0.2, -0.15) is 5.10 Å². The Hall–Kier alpha value is -1.20. The van der Waals surface area contributed by atoms with Crippen molar-refractivity contribution in [1.29, 1.82) is 0 Å². The maximum atomic E-state index is 4.65. The minimum atomic E-state index is 0.200. The molecule has 0 amide bonds. The first kappa shape index (κ1) is 15.2. The molecule has 0 aliphatic carbocycles. The van der Waals surface area contributed by atoms with Gasteiger partial charge in [0.1, 0.15) is 0 Å². The standard InChI is InChI=1S/C15H21BrN4/c1-5-17-13(12-8-6-7-10(2)18-12)9-14-15(16)11(3)19-20(14)4/h6-8,13,17H,5,9H2,1-4H3. The van der Waals surface area contributed by atoms with E-state index in [1.54, 1.807) is 0 Å². The van der Waals surface area contributed by atoms with Crippen LogP contribution in [-0.2, 0) is 13.5 Å². The Labute approximate surface area is 128 Å². The summed E-state index contributed by atoms with van der Waals surface area (Å²) in [7, 11) is 1.99. The number of nitrogens with zero attached hydrogens (tertiary/aromatic N) is 3. The van der Waals surface area contributed by atoms with Gasteiger partial charge in [0.15, 0.2) is 0 Å². The van der Waals surface area contributed by atoms with E-state index in [2.05, 4.69) is 50.4 Å². The highest BCUT2D eigenvalue weighted by Gasteiger charge is 2.18. The largest absolute Gasteiger partial charge is 0.309 e. The lowest BCUT2D eigenvalue weighted by Crippen LogP contribution is -2.25. The van der Waals surface area contributed by atoms with Crippen molar-refractivity contribution in [2.45, 2.75) is 33.2 Å². The molecule has 2 aromatic rings. The molecule has 0 bridgehead atoms. The van der Waals surface area contributed by atoms with Crippen LogP contribution < -0.4 is 5.32 Å². The van der Waals surface area contributed by atoms with E-state index < -0.39 is 0 Å². The zero-order chi connectivity index (χ0) is 14.7. The number of hydrogen-bond acceptors (Lipinski definition) is 3. The van der Waals surface area contributed by atoms with Crippen LogP contribution >= 0.6 is 15.9 Å². The Bertz CT molecular complexity index is 592. The second-order valence-corrected chi connectivity index (χ2v) is 5.78. The van der Waals surface area contributed by atoms with Gasteiger partial charge in [-0.1, -0.05) is 13.0 Å². The lowest BCUT2D eigenvalue weighted by Gasteiger charge is -2.18. The van der Waals surface area contributed by atoms with Gasteiger partial charge < -0.3 is 5.32 Å². The molecule has 0 spiro atoms. The maximum absolute atomic E-state index is 4.65. The first-order chi connectivity index (χ1) is 9.52. The Morgan fingerprint density at radius 2 is 2.10 bits per heavy atom. The van der Waals surface area contributed by atoms with Crippen molar-refractivity contribution in [2.75, 3.05) is 6.54 Å². The molecular weight excluding hydrogens is 316 g/mol. The van der Waals surface area contributed by atoms with Crippen molar-refractivity contribution in [2.24, 2.45) is 7.05 Å². The molecule has 0 aromatic carbocycles. The summed E-state index contributed by atoms with van der Waals surface area (Å²) >= 11 is 3.64. The van der Waals surface area contributed by atoms with Gasteiger partial charge in [0.05, 0.1) is 27.6 Å². The molecule has 4 nitrogen and oxygen atoms in total. The molecule has 2 rings (SSSR count). The number of aryl methyl sites for hydroxylation is 3. The monoisotopic (exact) mass is 336 g/mol. The van der Waals surface area contributed by atoms with Gasteiger partial charge in [0.25, 0.3) is 0 Å². The highest BCUT2D eigenvalue weighted by molar-refractivity contribution is 9.10. The number of likely N-dealkylation sites (N-methyl/N-ethyl adjacent to an activating group) is 1. The van der Waals surface area contributed by atoms with Crippen molar-refractivity contribution < 1.29 is 0 Å². The molecule has 0 saturated heterocycles. The van der Waals surface area contributed by atoms with Crippen LogP contribution in [0.3, 0.4) is 0 Å². The molecule has 1 N–H and O–H groups in total. The normalized spacial score (nSPS) is 12.7. The van der Waals surface area contributed by atoms with E-state index in [9.17, 15) is 0 Å². The van der Waals surface area contributed by atoms with Gasteiger partial charge in [0, 0.05) is 19.2 Å². The van der Waals surface area contributed by atoms with Crippen LogP contribution in [0.1, 0.15) is 35.7 Å². The molecule has 5 heteroatoms. The summed E-state index contributed by atoms with van der Waals surface area (Å²) in [5.74, 6) is 0. The average Bonchev–Trinajstić information content (AvgIpc) is 2.64. The zero-order valence-corrected chi connectivity index (χ0v) is 14.0. The number of hydrogen-bond donors (Lipinski definition) is 1. The minimum absolute atomic E-state index is 0.200. The van der Waals surface area contributed by atoms with E-state index >= 15 is 0 Å². The third-order valence-corrected chi connectivity index (χ3v) is 4.41. The number of nitrogens with one attached hydrogen (secondary N) is 1. The van der Waals surface area contributed by atoms with Crippen molar-refractivity contribution in [1.82, 2.24) is 20.1 Å². The fourth-order valence-corrected chi connectivity index (χ4v) is 2.88. The Kier molecular flexibility index (Phi) is 4.94. The average molecular weight is 337 g/mol. The van der Waals surface area contributed by atoms with Crippen LogP contribution in [0.2, 0.25) is 0 Å². The molecule has 1 atom stereocenters. The summed E-state index contributed by atoms with van der Waals surface area (Å²) in [4.78, 5) is 4.65. The first-order valence-electron chi connectivity index (χ1n) is 6.87. The van der Waals surface area contributed by atoms with Crippen molar-refractivity contribution in [3.8, 4) is 0 Å². The molecule has 0 aliphatic rings. The highest BCUT2D eigenvalue weighted by Crippen LogP contribution is 2.25. The quantitative estimate of drug-likeness (QED) is 0.912. The van der Waals surface area contributed by atoms with Crippen molar-refractivity contribution >= 4 is 15.9 Å². The Morgan fingerprint density at radius 3 is 2.65 bits per heavy atom. The first-order valence-corrected chi connectivity index (χ1v) is 7.67. The van der Waals surface area contributed by atoms with Crippen LogP contribution in [-0.4, -0.2) is 21.3 Å². The second-order valence-electron chi connectivity index (χ2n) is 4.99. The van der Waals surface area contributed by atoms with E-state index in [1.165, 1.54) is 5.69 Å². The molecule has 2 heterocycles. The van der Waals surface area contributed by atoms with E-state index in [0.717, 1.165) is 34.5 Å². The van der Waals surface area contributed by atoms with Crippen LogP contribution in [0.5, 0.6) is 0 Å². The van der Waals surface area contributed by atoms with Gasteiger partial charge in [-0.3, -0.25) is 9.67 Å². The summed E-state index contributed by atoms with van der Waals surface area (Å²) in [5, 5.41) is 7.97. The lowest BCUT2D eigenvalue weighted by molar-refractivity contribution is 0.516. The Morgan fingerprint density at radius 1 is 1.35 bits per heavy atom. The molecule has 0 fully saturated rings. The van der Waals surface area contributed by atoms with Gasteiger partial charge in [0.2, 0.25) is 0 Å². The maximum Gasteiger partial charge on any atom is 0.0738 e. The van der Waals surface area contributed by atoms with Crippen LogP contribution in [0, 0.1) is 13.8 Å². The summed E-state index contributed by atoms with van der Waals surface area (Å²) in [6, 6.07) is 6.37. The number of pyridine rings is 1. The van der Waals surface area contributed by atoms with Crippen molar-refractivity contribution in [3.63, 3.8) is 0 Å². The third kappa shape index (κ3) is 3.27. The van der Waals surface area contributed by atoms with Crippen LogP contribution in [0.15, 0.2) is 22.7 Å². The molecule has 20 heavy (non-hydrogen) atoms. The summed E-state index contributed by atoms with van der Waals surface area (Å²) in [6.07, 6.45) is 0.863. The smallest absolute Gasteiger partial charge is 0.0738 e. The van der Waals surface area contributed by atoms with Gasteiger partial charge >= 0.3 is 0 Å². The van der Waals surface area contributed by atoms with Gasteiger partial charge in [-0.25, -0.2) is 0 Å².